The van der Waals surface area contributed by atoms with E-state index in [2.05, 4.69) is 16.2 Å². The minimum atomic E-state index is 0.0953. The molecule has 3 N–H and O–H groups in total. The molecule has 0 aromatic heterocycles. The summed E-state index contributed by atoms with van der Waals surface area (Å²) in [4.78, 5) is 10.6. The van der Waals surface area contributed by atoms with E-state index in [1.165, 1.54) is 0 Å². The fourth-order valence-electron chi connectivity index (χ4n) is 0.514. The quantitative estimate of drug-likeness (QED) is 0.352. The zero-order chi connectivity index (χ0) is 7.82. The molecule has 0 aliphatic heterocycles. The maximum atomic E-state index is 10.6. The Morgan fingerprint density at radius 3 is 2.60 bits per heavy atom. The minimum absolute atomic E-state index is 0.0953. The Bertz CT molecular complexity index is 95.0. The highest BCUT2D eigenvalue weighted by molar-refractivity contribution is 5.75. The molecule has 0 atom stereocenters. The second-order valence-corrected chi connectivity index (χ2v) is 1.88. The van der Waals surface area contributed by atoms with Crippen LogP contribution < -0.4 is 16.2 Å². The highest BCUT2D eigenvalue weighted by Crippen LogP contribution is 1.71. The first-order valence-corrected chi connectivity index (χ1v) is 3.47. The molecule has 4 nitrogen and oxygen atoms in total. The topological polar surface area (TPSA) is 53.2 Å². The predicted molar refractivity (Wildman–Crippen MR) is 40.4 cm³/mol. The molecule has 60 valence electrons. The van der Waals surface area contributed by atoms with Gasteiger partial charge in [0.15, 0.2) is 0 Å². The van der Waals surface area contributed by atoms with Crippen LogP contribution >= 0.6 is 0 Å². The van der Waals surface area contributed by atoms with Crippen LogP contribution in [0.2, 0.25) is 0 Å². The molecule has 0 fully saturated rings. The van der Waals surface area contributed by atoms with Gasteiger partial charge in [0.2, 0.25) is 5.91 Å². The molecule has 0 saturated carbocycles. The van der Waals surface area contributed by atoms with Gasteiger partial charge in [-0.25, -0.2) is 0 Å². The normalized spacial score (nSPS) is 9.40. The molecule has 0 radical (unpaired) electrons. The fourth-order valence-corrected chi connectivity index (χ4v) is 0.514. The maximum absolute atomic E-state index is 10.6. The highest BCUT2D eigenvalue weighted by atomic mass is 16.1. The second-order valence-electron chi connectivity index (χ2n) is 1.88. The fraction of sp³-hybridized carbons (Fsp3) is 0.833. The third-order valence-corrected chi connectivity index (χ3v) is 1.07. The Balaban J connectivity index is 2.96. The molecular formula is C6H15N3O. The van der Waals surface area contributed by atoms with Gasteiger partial charge in [-0.3, -0.25) is 15.6 Å². The first-order valence-electron chi connectivity index (χ1n) is 3.47. The lowest BCUT2D eigenvalue weighted by Gasteiger charge is -2.03. The molecule has 0 saturated heterocycles. The van der Waals surface area contributed by atoms with Gasteiger partial charge in [0.1, 0.15) is 0 Å². The van der Waals surface area contributed by atoms with E-state index in [1.807, 2.05) is 6.92 Å². The first kappa shape index (κ1) is 9.39. The molecule has 0 aromatic rings. The summed E-state index contributed by atoms with van der Waals surface area (Å²) >= 11 is 0. The minimum Gasteiger partial charge on any atom is -0.355 e. The third-order valence-electron chi connectivity index (χ3n) is 1.07. The summed E-state index contributed by atoms with van der Waals surface area (Å²) in [6.07, 6.45) is 0.555. The summed E-state index contributed by atoms with van der Waals surface area (Å²) in [6.45, 7) is 3.26. The molecule has 0 heterocycles. The van der Waals surface area contributed by atoms with E-state index in [1.54, 1.807) is 7.05 Å². The van der Waals surface area contributed by atoms with Crippen LogP contribution in [0.15, 0.2) is 0 Å². The molecule has 0 spiro atoms. The van der Waals surface area contributed by atoms with Gasteiger partial charge in [0, 0.05) is 19.5 Å². The lowest BCUT2D eigenvalue weighted by atomic mass is 10.4. The number of nitrogens with one attached hydrogen (secondary N) is 3. The van der Waals surface area contributed by atoms with Crippen LogP contribution in [0.1, 0.15) is 13.3 Å². The van der Waals surface area contributed by atoms with E-state index in [4.69, 9.17) is 0 Å². The van der Waals surface area contributed by atoms with Gasteiger partial charge in [0.05, 0.1) is 0 Å². The lowest BCUT2D eigenvalue weighted by Crippen LogP contribution is -2.36. The van der Waals surface area contributed by atoms with Crippen molar-refractivity contribution in [2.75, 3.05) is 20.1 Å². The van der Waals surface area contributed by atoms with E-state index < -0.39 is 0 Å². The van der Waals surface area contributed by atoms with Crippen LogP contribution in [0.4, 0.5) is 0 Å². The van der Waals surface area contributed by atoms with Crippen molar-refractivity contribution in [3.63, 3.8) is 0 Å². The van der Waals surface area contributed by atoms with Crippen LogP contribution in [-0.2, 0) is 4.79 Å². The summed E-state index contributed by atoms with van der Waals surface area (Å²) < 4.78 is 0. The summed E-state index contributed by atoms with van der Waals surface area (Å²) in [7, 11) is 1.79. The highest BCUT2D eigenvalue weighted by Gasteiger charge is 1.92. The Labute approximate surface area is 61.3 Å². The summed E-state index contributed by atoms with van der Waals surface area (Å²) in [5.74, 6) is 0.0953. The van der Waals surface area contributed by atoms with Crippen LogP contribution in [-0.4, -0.2) is 26.0 Å². The van der Waals surface area contributed by atoms with E-state index in [0.717, 1.165) is 6.54 Å². The standard InChI is InChI=1S/C6H15N3O/c1-3-6(10)8-4-5-9-7-2/h7,9H,3-5H2,1-2H3,(H,8,10). The number of hydrazine groups is 1. The van der Waals surface area contributed by atoms with Crippen molar-refractivity contribution in [3.8, 4) is 0 Å². The third kappa shape index (κ3) is 5.53. The number of amides is 1. The number of rotatable bonds is 5. The van der Waals surface area contributed by atoms with Crippen LogP contribution in [0, 0.1) is 0 Å². The van der Waals surface area contributed by atoms with Crippen LogP contribution in [0.3, 0.4) is 0 Å². The smallest absolute Gasteiger partial charge is 0.219 e. The molecule has 0 aromatic carbocycles. The largest absolute Gasteiger partial charge is 0.355 e. The van der Waals surface area contributed by atoms with Crippen molar-refractivity contribution in [2.24, 2.45) is 0 Å². The Hall–Kier alpha value is -0.610. The van der Waals surface area contributed by atoms with Crippen molar-refractivity contribution in [1.29, 1.82) is 0 Å². The van der Waals surface area contributed by atoms with Gasteiger partial charge in [0.25, 0.3) is 0 Å². The molecule has 0 bridgehead atoms. The van der Waals surface area contributed by atoms with Crippen molar-refractivity contribution < 1.29 is 4.79 Å². The number of hydrogen-bond donors (Lipinski definition) is 3. The number of carbonyl (C=O) groups is 1. The van der Waals surface area contributed by atoms with Crippen molar-refractivity contribution >= 4 is 5.91 Å². The molecule has 0 rings (SSSR count). The molecular weight excluding hydrogens is 130 g/mol. The van der Waals surface area contributed by atoms with Crippen LogP contribution in [0.25, 0.3) is 0 Å². The average molecular weight is 145 g/mol. The zero-order valence-corrected chi connectivity index (χ0v) is 6.53. The molecule has 0 unspecified atom stereocenters. The molecule has 4 heteroatoms. The lowest BCUT2D eigenvalue weighted by molar-refractivity contribution is -0.120. The van der Waals surface area contributed by atoms with Gasteiger partial charge in [-0.05, 0) is 7.05 Å². The average Bonchev–Trinajstić information content (AvgIpc) is 1.98. The summed E-state index contributed by atoms with van der Waals surface area (Å²) in [5.41, 5.74) is 5.62. The Kier molecular flexibility index (Phi) is 6.11. The maximum Gasteiger partial charge on any atom is 0.219 e. The number of carbonyl (C=O) groups excluding carboxylic acids is 1. The Morgan fingerprint density at radius 1 is 1.40 bits per heavy atom. The summed E-state index contributed by atoms with van der Waals surface area (Å²) in [5, 5.41) is 2.73. The summed E-state index contributed by atoms with van der Waals surface area (Å²) in [6, 6.07) is 0. The van der Waals surface area contributed by atoms with E-state index in [0.29, 0.717) is 13.0 Å². The predicted octanol–water partition coefficient (Wildman–Crippen LogP) is -0.763. The molecule has 0 aliphatic carbocycles. The molecule has 1 amide bonds. The van der Waals surface area contributed by atoms with Gasteiger partial charge in [-0.1, -0.05) is 6.92 Å². The van der Waals surface area contributed by atoms with Gasteiger partial charge < -0.3 is 5.32 Å². The van der Waals surface area contributed by atoms with Gasteiger partial charge in [-0.2, -0.15) is 0 Å². The van der Waals surface area contributed by atoms with Crippen molar-refractivity contribution in [2.45, 2.75) is 13.3 Å². The van der Waals surface area contributed by atoms with Crippen molar-refractivity contribution in [1.82, 2.24) is 16.2 Å². The number of hydrogen-bond acceptors (Lipinski definition) is 3. The van der Waals surface area contributed by atoms with Crippen LogP contribution in [0.5, 0.6) is 0 Å². The SMILES string of the molecule is CCC(=O)NCCNNC. The first-order chi connectivity index (χ1) is 4.81. The van der Waals surface area contributed by atoms with E-state index >= 15 is 0 Å². The monoisotopic (exact) mass is 145 g/mol. The molecule has 0 aliphatic rings. The molecule has 10 heavy (non-hydrogen) atoms. The van der Waals surface area contributed by atoms with Gasteiger partial charge >= 0.3 is 0 Å². The Morgan fingerprint density at radius 2 is 2.10 bits per heavy atom. The van der Waals surface area contributed by atoms with Crippen molar-refractivity contribution in [3.05, 3.63) is 0 Å². The van der Waals surface area contributed by atoms with Gasteiger partial charge in [-0.15, -0.1) is 0 Å². The zero-order valence-electron chi connectivity index (χ0n) is 6.53. The second kappa shape index (κ2) is 6.51. The van der Waals surface area contributed by atoms with E-state index in [9.17, 15) is 4.79 Å². The van der Waals surface area contributed by atoms with E-state index in [-0.39, 0.29) is 5.91 Å².